The van der Waals surface area contributed by atoms with Crippen LogP contribution in [-0.2, 0) is 11.0 Å². The minimum absolute atomic E-state index is 0.0139. The maximum absolute atomic E-state index is 13.0. The van der Waals surface area contributed by atoms with Gasteiger partial charge in [-0.25, -0.2) is 4.98 Å². The van der Waals surface area contributed by atoms with E-state index in [1.807, 2.05) is 24.3 Å². The normalized spacial score (nSPS) is 16.7. The molecule has 9 heteroatoms. The number of aromatic nitrogens is 3. The summed E-state index contributed by atoms with van der Waals surface area (Å²) in [4.78, 5) is 21.8. The average Bonchev–Trinajstić information content (AvgIpc) is 3.37. The molecule has 2 aromatic heterocycles. The molecule has 31 heavy (non-hydrogen) atoms. The molecule has 1 aliphatic rings. The van der Waals surface area contributed by atoms with Gasteiger partial charge in [-0.1, -0.05) is 6.07 Å². The van der Waals surface area contributed by atoms with Crippen molar-refractivity contribution in [2.75, 3.05) is 13.2 Å². The third kappa shape index (κ3) is 3.78. The van der Waals surface area contributed by atoms with Crippen LogP contribution in [0.15, 0.2) is 48.7 Å². The largest absolute Gasteiger partial charge is 0.492 e. The number of pyridine rings is 1. The van der Waals surface area contributed by atoms with Crippen LogP contribution < -0.4 is 10.1 Å². The molecule has 1 aliphatic heterocycles. The van der Waals surface area contributed by atoms with Crippen molar-refractivity contribution >= 4 is 27.8 Å². The minimum atomic E-state index is -4.54. The van der Waals surface area contributed by atoms with Gasteiger partial charge in [0, 0.05) is 30.5 Å². The summed E-state index contributed by atoms with van der Waals surface area (Å²) in [6.07, 6.45) is -2.44. The molecular weight excluding hydrogens is 409 g/mol. The number of carbonyl (C=O) groups excluding carboxylic acids is 1. The Kier molecular flexibility index (Phi) is 4.53. The molecule has 6 nitrogen and oxygen atoms in total. The zero-order valence-electron chi connectivity index (χ0n) is 16.2. The van der Waals surface area contributed by atoms with Crippen LogP contribution in [0.5, 0.6) is 5.75 Å². The lowest BCUT2D eigenvalue weighted by Gasteiger charge is -2.14. The highest BCUT2D eigenvalue weighted by atomic mass is 19.4. The molecule has 0 saturated carbocycles. The third-order valence-corrected chi connectivity index (χ3v) is 5.30. The number of nitrogens with zero attached hydrogens (tertiary/aromatic N) is 2. The van der Waals surface area contributed by atoms with Gasteiger partial charge < -0.3 is 15.0 Å². The molecule has 5 rings (SSSR count). The van der Waals surface area contributed by atoms with Crippen molar-refractivity contribution in [2.45, 2.75) is 12.6 Å². The average molecular weight is 426 g/mol. The summed E-state index contributed by atoms with van der Waals surface area (Å²) in [5.74, 6) is -0.311. The lowest BCUT2D eigenvalue weighted by atomic mass is 10.0. The topological polar surface area (TPSA) is 79.9 Å². The van der Waals surface area contributed by atoms with E-state index in [1.165, 1.54) is 0 Å². The number of benzene rings is 2. The predicted molar refractivity (Wildman–Crippen MR) is 108 cm³/mol. The Morgan fingerprint density at radius 2 is 1.97 bits per heavy atom. The van der Waals surface area contributed by atoms with Crippen LogP contribution in [0.4, 0.5) is 13.2 Å². The third-order valence-electron chi connectivity index (χ3n) is 5.30. The van der Waals surface area contributed by atoms with Gasteiger partial charge in [0.2, 0.25) is 11.7 Å². The summed E-state index contributed by atoms with van der Waals surface area (Å²) in [7, 11) is 0. The first-order valence-electron chi connectivity index (χ1n) is 9.72. The number of nitrogens with one attached hydrogen (secondary N) is 2. The Bertz CT molecular complexity index is 1300. The molecule has 1 amide bonds. The molecule has 0 radical (unpaired) electrons. The van der Waals surface area contributed by atoms with Gasteiger partial charge in [-0.15, -0.1) is 0 Å². The van der Waals surface area contributed by atoms with Crippen molar-refractivity contribution in [3.8, 4) is 16.9 Å². The first kappa shape index (κ1) is 19.3. The zero-order chi connectivity index (χ0) is 21.6. The molecule has 1 unspecified atom stereocenters. The number of fused-ring (bicyclic) bond motifs is 2. The number of imidazole rings is 1. The highest BCUT2D eigenvalue weighted by molar-refractivity contribution is 5.91. The number of carbonyl (C=O) groups is 1. The predicted octanol–water partition coefficient (Wildman–Crippen LogP) is 4.31. The van der Waals surface area contributed by atoms with Gasteiger partial charge in [0.25, 0.3) is 0 Å². The maximum atomic E-state index is 13.0. The lowest BCUT2D eigenvalue weighted by Crippen LogP contribution is -2.16. The quantitative estimate of drug-likeness (QED) is 0.510. The van der Waals surface area contributed by atoms with Crippen LogP contribution in [-0.4, -0.2) is 34.0 Å². The van der Waals surface area contributed by atoms with E-state index in [0.29, 0.717) is 41.9 Å². The Morgan fingerprint density at radius 1 is 1.10 bits per heavy atom. The monoisotopic (exact) mass is 426 g/mol. The van der Waals surface area contributed by atoms with Crippen LogP contribution in [0.25, 0.3) is 33.1 Å². The van der Waals surface area contributed by atoms with E-state index in [-0.39, 0.29) is 17.3 Å². The minimum Gasteiger partial charge on any atom is -0.492 e. The van der Waals surface area contributed by atoms with Gasteiger partial charge in [-0.05, 0) is 47.5 Å². The molecule has 1 saturated heterocycles. The van der Waals surface area contributed by atoms with Gasteiger partial charge in [-0.2, -0.15) is 13.2 Å². The highest BCUT2D eigenvalue weighted by Gasteiger charge is 2.34. The molecule has 0 spiro atoms. The van der Waals surface area contributed by atoms with Crippen molar-refractivity contribution < 1.29 is 22.7 Å². The molecular formula is C22H17F3N4O2. The van der Waals surface area contributed by atoms with E-state index in [1.54, 1.807) is 24.4 Å². The van der Waals surface area contributed by atoms with E-state index in [0.717, 1.165) is 10.9 Å². The second-order valence-electron chi connectivity index (χ2n) is 7.54. The number of halogens is 3. The fourth-order valence-electron chi connectivity index (χ4n) is 3.75. The summed E-state index contributed by atoms with van der Waals surface area (Å²) in [6.45, 7) is 0.952. The van der Waals surface area contributed by atoms with Gasteiger partial charge in [0.15, 0.2) is 0 Å². The first-order valence-corrected chi connectivity index (χ1v) is 9.72. The van der Waals surface area contributed by atoms with E-state index in [2.05, 4.69) is 20.3 Å². The molecule has 158 valence electrons. The van der Waals surface area contributed by atoms with Crippen molar-refractivity contribution in [1.82, 2.24) is 20.3 Å². The molecule has 3 heterocycles. The lowest BCUT2D eigenvalue weighted by molar-refractivity contribution is -0.144. The standard InChI is InChI=1S/C22H17F3N4O2/c23-22(24,25)21-28-16-4-3-13(7-18(16)29-21)14-8-17-15(2-1-5-26-17)19(9-14)31-11-12-6-20(30)27-10-12/h1-5,7-9,12H,6,10-11H2,(H,27,30)(H,28,29). The van der Waals surface area contributed by atoms with Crippen LogP contribution in [0.3, 0.4) is 0 Å². The van der Waals surface area contributed by atoms with Gasteiger partial charge in [0.1, 0.15) is 5.75 Å². The summed E-state index contributed by atoms with van der Waals surface area (Å²) < 4.78 is 45.0. The van der Waals surface area contributed by atoms with Gasteiger partial charge >= 0.3 is 6.18 Å². The summed E-state index contributed by atoms with van der Waals surface area (Å²) in [5, 5.41) is 3.61. The molecule has 0 bridgehead atoms. The molecule has 1 atom stereocenters. The number of aromatic amines is 1. The number of hydrogen-bond acceptors (Lipinski definition) is 4. The van der Waals surface area contributed by atoms with Crippen LogP contribution >= 0.6 is 0 Å². The highest BCUT2D eigenvalue weighted by Crippen LogP contribution is 2.34. The smallest absolute Gasteiger partial charge is 0.449 e. The Balaban J connectivity index is 1.52. The van der Waals surface area contributed by atoms with Crippen molar-refractivity contribution in [1.29, 1.82) is 0 Å². The molecule has 4 aromatic rings. The van der Waals surface area contributed by atoms with Crippen molar-refractivity contribution in [3.05, 3.63) is 54.5 Å². The molecule has 0 aliphatic carbocycles. The second-order valence-corrected chi connectivity index (χ2v) is 7.54. The summed E-state index contributed by atoms with van der Waals surface area (Å²) in [5.41, 5.74) is 2.71. The van der Waals surface area contributed by atoms with Crippen LogP contribution in [0, 0.1) is 5.92 Å². The van der Waals surface area contributed by atoms with Gasteiger partial charge in [0.05, 0.1) is 23.2 Å². The van der Waals surface area contributed by atoms with E-state index in [9.17, 15) is 18.0 Å². The number of ether oxygens (including phenoxy) is 1. The van der Waals surface area contributed by atoms with Gasteiger partial charge in [-0.3, -0.25) is 9.78 Å². The second kappa shape index (κ2) is 7.26. The molecule has 1 fully saturated rings. The number of alkyl halides is 3. The Morgan fingerprint density at radius 3 is 2.74 bits per heavy atom. The number of amides is 1. The zero-order valence-corrected chi connectivity index (χ0v) is 16.2. The number of H-pyrrole nitrogens is 1. The van der Waals surface area contributed by atoms with Crippen LogP contribution in [0.2, 0.25) is 0 Å². The fourth-order valence-corrected chi connectivity index (χ4v) is 3.75. The summed E-state index contributed by atoms with van der Waals surface area (Å²) in [6, 6.07) is 12.3. The fraction of sp³-hybridized carbons (Fsp3) is 0.227. The Labute approximate surface area is 174 Å². The summed E-state index contributed by atoms with van der Waals surface area (Å²) >= 11 is 0. The molecule has 2 N–H and O–H groups in total. The Hall–Kier alpha value is -3.62. The van der Waals surface area contributed by atoms with Crippen molar-refractivity contribution in [3.63, 3.8) is 0 Å². The number of hydrogen-bond donors (Lipinski definition) is 2. The number of rotatable bonds is 4. The van der Waals surface area contributed by atoms with E-state index >= 15 is 0 Å². The van der Waals surface area contributed by atoms with E-state index in [4.69, 9.17) is 4.74 Å². The first-order chi connectivity index (χ1) is 14.9. The van der Waals surface area contributed by atoms with E-state index < -0.39 is 12.0 Å². The SMILES string of the molecule is O=C1CC(COc2cc(-c3ccc4nc(C(F)(F)F)[nH]c4c3)cc3ncccc23)CN1. The van der Waals surface area contributed by atoms with Crippen molar-refractivity contribution in [2.24, 2.45) is 5.92 Å². The van der Waals surface area contributed by atoms with Crippen LogP contribution in [0.1, 0.15) is 12.2 Å². The molecule has 2 aromatic carbocycles. The maximum Gasteiger partial charge on any atom is 0.449 e.